The second kappa shape index (κ2) is 8.21. The Balaban J connectivity index is 1.55. The van der Waals surface area contributed by atoms with Crippen molar-refractivity contribution in [1.29, 1.82) is 0 Å². The summed E-state index contributed by atoms with van der Waals surface area (Å²) in [4.78, 5) is 25.6. The quantitative estimate of drug-likeness (QED) is 0.837. The fourth-order valence-electron chi connectivity index (χ4n) is 2.92. The molecular formula is C20H21FN2O3. The number of anilines is 1. The number of amides is 1. The van der Waals surface area contributed by atoms with Crippen molar-refractivity contribution in [3.05, 3.63) is 65.5 Å². The summed E-state index contributed by atoms with van der Waals surface area (Å²) < 4.78 is 18.8. The van der Waals surface area contributed by atoms with Crippen LogP contribution in [-0.2, 0) is 9.53 Å². The van der Waals surface area contributed by atoms with E-state index in [2.05, 4.69) is 5.32 Å². The molecular weight excluding hydrogens is 335 g/mol. The zero-order valence-electron chi connectivity index (χ0n) is 14.6. The van der Waals surface area contributed by atoms with E-state index in [0.717, 1.165) is 5.56 Å². The molecule has 0 aromatic heterocycles. The second-order valence-corrected chi connectivity index (χ2v) is 6.33. The second-order valence-electron chi connectivity index (χ2n) is 6.33. The number of carbonyl (C=O) groups excluding carboxylic acids is 2. The summed E-state index contributed by atoms with van der Waals surface area (Å²) in [6.45, 7) is 3.50. The Bertz CT molecular complexity index is 775. The van der Waals surface area contributed by atoms with Crippen LogP contribution in [-0.4, -0.2) is 42.8 Å². The normalized spacial score (nSPS) is 17.7. The number of ether oxygens (including phenoxy) is 1. The first-order chi connectivity index (χ1) is 12.5. The fraction of sp³-hybridized carbons (Fsp3) is 0.300. The van der Waals surface area contributed by atoms with Crippen LogP contribution >= 0.6 is 0 Å². The average molecular weight is 356 g/mol. The zero-order valence-corrected chi connectivity index (χ0v) is 14.6. The number of nitrogens with one attached hydrogen (secondary N) is 1. The number of morpholine rings is 1. The lowest BCUT2D eigenvalue weighted by Gasteiger charge is -2.32. The van der Waals surface area contributed by atoms with Crippen molar-refractivity contribution >= 4 is 17.4 Å². The molecule has 0 bridgehead atoms. The van der Waals surface area contributed by atoms with Crippen LogP contribution in [0.5, 0.6) is 0 Å². The van der Waals surface area contributed by atoms with E-state index in [9.17, 15) is 14.0 Å². The van der Waals surface area contributed by atoms with E-state index in [1.807, 2.05) is 4.90 Å². The SMILES string of the molecule is CC(=O)c1ccc(NC(=O)CN2CCO[C@@H](c3ccc(F)cc3)C2)cc1. The minimum atomic E-state index is -0.281. The Hall–Kier alpha value is -2.57. The molecule has 0 spiro atoms. The van der Waals surface area contributed by atoms with E-state index in [-0.39, 0.29) is 30.2 Å². The van der Waals surface area contributed by atoms with Gasteiger partial charge in [-0.25, -0.2) is 4.39 Å². The molecule has 0 saturated carbocycles. The molecule has 1 N–H and O–H groups in total. The Kier molecular flexibility index (Phi) is 5.75. The molecule has 5 nitrogen and oxygen atoms in total. The first kappa shape index (κ1) is 18.2. The molecule has 0 aliphatic carbocycles. The topological polar surface area (TPSA) is 58.6 Å². The summed E-state index contributed by atoms with van der Waals surface area (Å²) in [5.74, 6) is -0.417. The van der Waals surface area contributed by atoms with Crippen molar-refractivity contribution in [3.63, 3.8) is 0 Å². The number of rotatable bonds is 5. The number of nitrogens with zero attached hydrogens (tertiary/aromatic N) is 1. The number of halogens is 1. The molecule has 1 saturated heterocycles. The highest BCUT2D eigenvalue weighted by Crippen LogP contribution is 2.22. The number of hydrogen-bond acceptors (Lipinski definition) is 4. The molecule has 6 heteroatoms. The average Bonchev–Trinajstić information content (AvgIpc) is 2.63. The van der Waals surface area contributed by atoms with Crippen LogP contribution < -0.4 is 5.32 Å². The zero-order chi connectivity index (χ0) is 18.5. The highest BCUT2D eigenvalue weighted by molar-refractivity contribution is 5.96. The predicted molar refractivity (Wildman–Crippen MR) is 96.6 cm³/mol. The Morgan fingerprint density at radius 2 is 1.85 bits per heavy atom. The van der Waals surface area contributed by atoms with Gasteiger partial charge in [-0.3, -0.25) is 14.5 Å². The Labute approximate surface area is 151 Å². The first-order valence-electron chi connectivity index (χ1n) is 8.51. The van der Waals surface area contributed by atoms with Crippen molar-refractivity contribution < 1.29 is 18.7 Å². The smallest absolute Gasteiger partial charge is 0.238 e. The summed E-state index contributed by atoms with van der Waals surface area (Å²) >= 11 is 0. The summed E-state index contributed by atoms with van der Waals surface area (Å²) in [7, 11) is 0. The van der Waals surface area contributed by atoms with Crippen LogP contribution in [0, 0.1) is 5.82 Å². The molecule has 1 heterocycles. The maximum absolute atomic E-state index is 13.1. The van der Waals surface area contributed by atoms with Crippen molar-refractivity contribution in [1.82, 2.24) is 4.90 Å². The molecule has 1 atom stereocenters. The molecule has 0 unspecified atom stereocenters. The number of Topliss-reactive ketones (excluding diaryl/α,β-unsaturated/α-hetero) is 1. The van der Waals surface area contributed by atoms with Crippen LogP contribution in [0.3, 0.4) is 0 Å². The Morgan fingerprint density at radius 3 is 2.50 bits per heavy atom. The van der Waals surface area contributed by atoms with Crippen LogP contribution in [0.2, 0.25) is 0 Å². The van der Waals surface area contributed by atoms with E-state index in [4.69, 9.17) is 4.74 Å². The van der Waals surface area contributed by atoms with Gasteiger partial charge in [-0.05, 0) is 48.9 Å². The van der Waals surface area contributed by atoms with Crippen molar-refractivity contribution in [2.45, 2.75) is 13.0 Å². The summed E-state index contributed by atoms with van der Waals surface area (Å²) in [6.07, 6.45) is -0.174. The van der Waals surface area contributed by atoms with Gasteiger partial charge in [0.15, 0.2) is 5.78 Å². The van der Waals surface area contributed by atoms with Gasteiger partial charge in [0.25, 0.3) is 0 Å². The van der Waals surface area contributed by atoms with Crippen molar-refractivity contribution in [2.75, 3.05) is 31.6 Å². The van der Waals surface area contributed by atoms with Crippen LogP contribution in [0.1, 0.15) is 28.9 Å². The predicted octanol–water partition coefficient (Wildman–Crippen LogP) is 3.04. The van der Waals surface area contributed by atoms with E-state index in [0.29, 0.717) is 30.9 Å². The summed E-state index contributed by atoms with van der Waals surface area (Å²) in [6, 6.07) is 13.1. The maximum Gasteiger partial charge on any atom is 0.238 e. The number of ketones is 1. The first-order valence-corrected chi connectivity index (χ1v) is 8.51. The van der Waals surface area contributed by atoms with Gasteiger partial charge in [0.2, 0.25) is 5.91 Å². The van der Waals surface area contributed by atoms with Crippen LogP contribution in [0.4, 0.5) is 10.1 Å². The molecule has 1 aliphatic heterocycles. The third-order valence-corrected chi connectivity index (χ3v) is 4.33. The van der Waals surface area contributed by atoms with Crippen molar-refractivity contribution in [2.24, 2.45) is 0 Å². The number of hydrogen-bond donors (Lipinski definition) is 1. The summed E-state index contributed by atoms with van der Waals surface area (Å²) in [5.41, 5.74) is 2.16. The van der Waals surface area contributed by atoms with Gasteiger partial charge in [0, 0.05) is 24.3 Å². The number of carbonyl (C=O) groups is 2. The molecule has 136 valence electrons. The minimum absolute atomic E-state index is 0.0111. The highest BCUT2D eigenvalue weighted by atomic mass is 19.1. The van der Waals surface area contributed by atoms with Gasteiger partial charge in [-0.15, -0.1) is 0 Å². The van der Waals surface area contributed by atoms with E-state index in [1.54, 1.807) is 36.4 Å². The molecule has 1 aliphatic rings. The largest absolute Gasteiger partial charge is 0.371 e. The Morgan fingerprint density at radius 1 is 1.15 bits per heavy atom. The summed E-state index contributed by atoms with van der Waals surface area (Å²) in [5, 5.41) is 2.84. The van der Waals surface area contributed by atoms with Gasteiger partial charge >= 0.3 is 0 Å². The molecule has 1 fully saturated rings. The van der Waals surface area contributed by atoms with Gasteiger partial charge < -0.3 is 10.1 Å². The van der Waals surface area contributed by atoms with Gasteiger partial charge in [-0.1, -0.05) is 12.1 Å². The maximum atomic E-state index is 13.1. The highest BCUT2D eigenvalue weighted by Gasteiger charge is 2.23. The van der Waals surface area contributed by atoms with Gasteiger partial charge in [0.05, 0.1) is 19.3 Å². The van der Waals surface area contributed by atoms with E-state index >= 15 is 0 Å². The minimum Gasteiger partial charge on any atom is -0.371 e. The monoisotopic (exact) mass is 356 g/mol. The van der Waals surface area contributed by atoms with Gasteiger partial charge in [-0.2, -0.15) is 0 Å². The lowest BCUT2D eigenvalue weighted by molar-refractivity contribution is -0.119. The lowest BCUT2D eigenvalue weighted by atomic mass is 10.1. The third kappa shape index (κ3) is 4.74. The lowest BCUT2D eigenvalue weighted by Crippen LogP contribution is -2.42. The standard InChI is InChI=1S/C20H21FN2O3/c1-14(24)15-4-8-18(9-5-15)22-20(25)13-23-10-11-26-19(12-23)16-2-6-17(21)7-3-16/h2-9,19H,10-13H2,1H3,(H,22,25)/t19-/m1/s1. The fourth-order valence-corrected chi connectivity index (χ4v) is 2.92. The molecule has 3 rings (SSSR count). The van der Waals surface area contributed by atoms with Crippen LogP contribution in [0.15, 0.2) is 48.5 Å². The molecule has 2 aromatic carbocycles. The van der Waals surface area contributed by atoms with Gasteiger partial charge in [0.1, 0.15) is 5.82 Å². The molecule has 26 heavy (non-hydrogen) atoms. The van der Waals surface area contributed by atoms with Crippen LogP contribution in [0.25, 0.3) is 0 Å². The van der Waals surface area contributed by atoms with E-state index < -0.39 is 0 Å². The third-order valence-electron chi connectivity index (χ3n) is 4.33. The molecule has 1 amide bonds. The molecule has 2 aromatic rings. The van der Waals surface area contributed by atoms with E-state index in [1.165, 1.54) is 19.1 Å². The molecule has 0 radical (unpaired) electrons. The number of benzene rings is 2. The van der Waals surface area contributed by atoms with Crippen molar-refractivity contribution in [3.8, 4) is 0 Å².